The summed E-state index contributed by atoms with van der Waals surface area (Å²) in [6.07, 6.45) is 3.54. The fourth-order valence-electron chi connectivity index (χ4n) is 2.91. The summed E-state index contributed by atoms with van der Waals surface area (Å²) in [6, 6.07) is 7.53. The van der Waals surface area contributed by atoms with E-state index in [1.807, 2.05) is 35.0 Å². The number of aromatic nitrogens is 5. The Morgan fingerprint density at radius 3 is 2.81 bits per heavy atom. The molecule has 1 aromatic carbocycles. The van der Waals surface area contributed by atoms with Crippen LogP contribution < -0.4 is 11.5 Å². The van der Waals surface area contributed by atoms with E-state index < -0.39 is 5.97 Å². The summed E-state index contributed by atoms with van der Waals surface area (Å²) < 4.78 is 2.00. The number of nitrogens with zero attached hydrogens (tertiary/aromatic N) is 5. The van der Waals surface area contributed by atoms with E-state index in [-0.39, 0.29) is 18.2 Å². The van der Waals surface area contributed by atoms with Gasteiger partial charge < -0.3 is 21.1 Å². The van der Waals surface area contributed by atoms with Crippen LogP contribution in [0.1, 0.15) is 11.3 Å². The van der Waals surface area contributed by atoms with Crippen molar-refractivity contribution in [3.8, 4) is 0 Å². The molecule has 4 rings (SSSR count). The van der Waals surface area contributed by atoms with Crippen molar-refractivity contribution in [3.63, 3.8) is 0 Å². The van der Waals surface area contributed by atoms with Crippen molar-refractivity contribution in [2.24, 2.45) is 0 Å². The summed E-state index contributed by atoms with van der Waals surface area (Å²) >= 11 is 0. The average Bonchev–Trinajstić information content (AvgIpc) is 2.97. The second-order valence-electron chi connectivity index (χ2n) is 5.91. The van der Waals surface area contributed by atoms with E-state index in [9.17, 15) is 4.79 Å². The summed E-state index contributed by atoms with van der Waals surface area (Å²) in [4.78, 5) is 27.5. The third-order valence-corrected chi connectivity index (χ3v) is 4.02. The number of fused-ring (bicyclic) bond motifs is 2. The van der Waals surface area contributed by atoms with Gasteiger partial charge in [0.15, 0.2) is 17.0 Å². The normalized spacial score (nSPS) is 11.2. The third-order valence-electron chi connectivity index (χ3n) is 4.02. The fourth-order valence-corrected chi connectivity index (χ4v) is 2.91. The Balaban J connectivity index is 1.68. The van der Waals surface area contributed by atoms with Gasteiger partial charge in [0.05, 0.1) is 24.9 Å². The van der Waals surface area contributed by atoms with Crippen LogP contribution in [0.15, 0.2) is 36.7 Å². The minimum absolute atomic E-state index is 0.000319. The number of carboxylic acids is 1. The first kappa shape index (κ1) is 15.8. The zero-order valence-corrected chi connectivity index (χ0v) is 13.6. The molecule has 0 saturated carbocycles. The van der Waals surface area contributed by atoms with Crippen LogP contribution in [0, 0.1) is 0 Å². The molecular weight excluding hydrogens is 334 g/mol. The van der Waals surface area contributed by atoms with E-state index in [1.165, 1.54) is 0 Å². The number of hydrogen-bond donors (Lipinski definition) is 3. The molecule has 0 aliphatic rings. The smallest absolute Gasteiger partial charge is 0.307 e. The van der Waals surface area contributed by atoms with Gasteiger partial charge in [-0.2, -0.15) is 9.97 Å². The Bertz CT molecular complexity index is 1150. The Kier molecular flexibility index (Phi) is 3.61. The van der Waals surface area contributed by atoms with E-state index in [4.69, 9.17) is 16.6 Å². The van der Waals surface area contributed by atoms with Crippen LogP contribution in [0.25, 0.3) is 22.1 Å². The SMILES string of the molecule is Nc1nc(N)c2nc(Cn3ccc4cc(CC(=O)O)ccc43)cnc2n1. The zero-order chi connectivity index (χ0) is 18.3. The maximum Gasteiger partial charge on any atom is 0.307 e. The van der Waals surface area contributed by atoms with E-state index >= 15 is 0 Å². The molecule has 0 radical (unpaired) electrons. The molecule has 0 unspecified atom stereocenters. The number of rotatable bonds is 4. The molecule has 130 valence electrons. The van der Waals surface area contributed by atoms with Crippen molar-refractivity contribution >= 4 is 39.8 Å². The van der Waals surface area contributed by atoms with Gasteiger partial charge in [0.25, 0.3) is 0 Å². The molecule has 0 atom stereocenters. The molecule has 0 saturated heterocycles. The Labute approximate surface area is 147 Å². The molecule has 0 amide bonds. The summed E-state index contributed by atoms with van der Waals surface area (Å²) in [5.41, 5.74) is 14.6. The van der Waals surface area contributed by atoms with E-state index in [2.05, 4.69) is 19.9 Å². The van der Waals surface area contributed by atoms with Crippen molar-refractivity contribution in [1.29, 1.82) is 0 Å². The van der Waals surface area contributed by atoms with E-state index in [0.717, 1.165) is 16.5 Å². The first-order valence-electron chi connectivity index (χ1n) is 7.84. The summed E-state index contributed by atoms with van der Waals surface area (Å²) in [5.74, 6) is -0.598. The molecule has 0 spiro atoms. The molecule has 0 aliphatic heterocycles. The van der Waals surface area contributed by atoms with Gasteiger partial charge in [0.1, 0.15) is 0 Å². The van der Waals surface area contributed by atoms with Gasteiger partial charge >= 0.3 is 5.97 Å². The van der Waals surface area contributed by atoms with Crippen LogP contribution in [0.4, 0.5) is 11.8 Å². The molecule has 26 heavy (non-hydrogen) atoms. The Morgan fingerprint density at radius 1 is 1.15 bits per heavy atom. The lowest BCUT2D eigenvalue weighted by Crippen LogP contribution is -2.06. The van der Waals surface area contributed by atoms with Gasteiger partial charge in [-0.1, -0.05) is 6.07 Å². The van der Waals surface area contributed by atoms with Gasteiger partial charge in [-0.15, -0.1) is 0 Å². The maximum absolute atomic E-state index is 10.9. The molecule has 3 aromatic heterocycles. The highest BCUT2D eigenvalue weighted by Crippen LogP contribution is 2.20. The number of benzene rings is 1. The number of nitrogens with two attached hydrogens (primary N) is 2. The second-order valence-corrected chi connectivity index (χ2v) is 5.91. The molecule has 0 bridgehead atoms. The molecule has 0 fully saturated rings. The van der Waals surface area contributed by atoms with Gasteiger partial charge in [0.2, 0.25) is 5.95 Å². The van der Waals surface area contributed by atoms with Crippen LogP contribution in [-0.2, 0) is 17.8 Å². The van der Waals surface area contributed by atoms with Crippen molar-refractivity contribution in [3.05, 3.63) is 47.9 Å². The van der Waals surface area contributed by atoms with Crippen LogP contribution in [-0.4, -0.2) is 35.6 Å². The van der Waals surface area contributed by atoms with Crippen molar-refractivity contribution in [2.75, 3.05) is 11.5 Å². The number of anilines is 2. The highest BCUT2D eigenvalue weighted by atomic mass is 16.4. The monoisotopic (exact) mass is 349 g/mol. The highest BCUT2D eigenvalue weighted by Gasteiger charge is 2.10. The molecule has 0 aliphatic carbocycles. The third kappa shape index (κ3) is 2.86. The predicted molar refractivity (Wildman–Crippen MR) is 96.3 cm³/mol. The lowest BCUT2D eigenvalue weighted by Gasteiger charge is -2.07. The number of carboxylic acid groups (broad SMARTS) is 1. The van der Waals surface area contributed by atoms with E-state index in [1.54, 1.807) is 6.20 Å². The number of aliphatic carboxylic acids is 1. The predicted octanol–water partition coefficient (Wildman–Crippen LogP) is 1.21. The standard InChI is InChI=1S/C17H15N7O2/c18-15-14-16(23-17(19)22-15)20-7-11(21-14)8-24-4-3-10-5-9(6-13(25)26)1-2-12(10)24/h1-5,7H,6,8H2,(H,25,26)(H4,18,19,20,22,23). The molecule has 9 heteroatoms. The van der Waals surface area contributed by atoms with Crippen LogP contribution >= 0.6 is 0 Å². The van der Waals surface area contributed by atoms with Crippen LogP contribution in [0.3, 0.4) is 0 Å². The number of nitrogen functional groups attached to an aromatic ring is 2. The first-order chi connectivity index (χ1) is 12.5. The van der Waals surface area contributed by atoms with Gasteiger partial charge in [-0.3, -0.25) is 4.79 Å². The minimum Gasteiger partial charge on any atom is -0.481 e. The van der Waals surface area contributed by atoms with Crippen molar-refractivity contribution < 1.29 is 9.90 Å². The maximum atomic E-state index is 10.9. The molecule has 4 aromatic rings. The second kappa shape index (κ2) is 5.96. The quantitative estimate of drug-likeness (QED) is 0.498. The molecular formula is C17H15N7O2. The van der Waals surface area contributed by atoms with Gasteiger partial charge in [0, 0.05) is 11.7 Å². The average molecular weight is 349 g/mol. The summed E-state index contributed by atoms with van der Waals surface area (Å²) in [6.45, 7) is 0.481. The van der Waals surface area contributed by atoms with Crippen molar-refractivity contribution in [2.45, 2.75) is 13.0 Å². The number of carbonyl (C=O) groups is 1. The van der Waals surface area contributed by atoms with E-state index in [0.29, 0.717) is 23.4 Å². The Hall–Kier alpha value is -3.75. The fraction of sp³-hybridized carbons (Fsp3) is 0.118. The first-order valence-corrected chi connectivity index (χ1v) is 7.84. The molecule has 3 heterocycles. The largest absolute Gasteiger partial charge is 0.481 e. The summed E-state index contributed by atoms with van der Waals surface area (Å²) in [7, 11) is 0. The van der Waals surface area contributed by atoms with Crippen LogP contribution in [0.2, 0.25) is 0 Å². The topological polar surface area (TPSA) is 146 Å². The molecule has 5 N–H and O–H groups in total. The van der Waals surface area contributed by atoms with Crippen LogP contribution in [0.5, 0.6) is 0 Å². The highest BCUT2D eigenvalue weighted by molar-refractivity contribution is 5.83. The lowest BCUT2D eigenvalue weighted by atomic mass is 10.1. The molecule has 9 nitrogen and oxygen atoms in total. The minimum atomic E-state index is -0.851. The van der Waals surface area contributed by atoms with Gasteiger partial charge in [-0.05, 0) is 29.1 Å². The van der Waals surface area contributed by atoms with Crippen molar-refractivity contribution in [1.82, 2.24) is 24.5 Å². The Morgan fingerprint density at radius 2 is 2.00 bits per heavy atom. The van der Waals surface area contributed by atoms with Gasteiger partial charge in [-0.25, -0.2) is 9.97 Å². The number of hydrogen-bond acceptors (Lipinski definition) is 7. The zero-order valence-electron chi connectivity index (χ0n) is 13.6. The summed E-state index contributed by atoms with van der Waals surface area (Å²) in [5, 5.41) is 9.88. The lowest BCUT2D eigenvalue weighted by molar-refractivity contribution is -0.136.